The van der Waals surface area contributed by atoms with Gasteiger partial charge in [-0.3, -0.25) is 0 Å². The molecule has 2 aromatic carbocycles. The SMILES string of the molecule is CC(C)(CC(C)(C)Oc1ccc(C=C(C(=O)O)C(=O)O)cc1)Oc1ccc(C=C(C(=O)O)C(=O)O)cc1. The molecule has 0 aliphatic heterocycles. The number of hydrogen-bond donors (Lipinski definition) is 4. The van der Waals surface area contributed by atoms with Crippen molar-refractivity contribution in [1.29, 1.82) is 0 Å². The van der Waals surface area contributed by atoms with Gasteiger partial charge >= 0.3 is 23.9 Å². The quantitative estimate of drug-likeness (QED) is 0.184. The molecule has 196 valence electrons. The van der Waals surface area contributed by atoms with Gasteiger partial charge in [0.2, 0.25) is 0 Å². The maximum absolute atomic E-state index is 11.0. The number of benzene rings is 2. The average molecular weight is 513 g/mol. The lowest BCUT2D eigenvalue weighted by atomic mass is 9.92. The second kappa shape index (κ2) is 11.4. The van der Waals surface area contributed by atoms with Crippen molar-refractivity contribution < 1.29 is 49.1 Å². The van der Waals surface area contributed by atoms with Gasteiger partial charge in [0.05, 0.1) is 0 Å². The van der Waals surface area contributed by atoms with Crippen LogP contribution < -0.4 is 9.47 Å². The summed E-state index contributed by atoms with van der Waals surface area (Å²) in [6.07, 6.45) is 2.55. The highest BCUT2D eigenvalue weighted by Gasteiger charge is 2.32. The summed E-state index contributed by atoms with van der Waals surface area (Å²) in [6.45, 7) is 7.47. The van der Waals surface area contributed by atoms with Crippen LogP contribution in [0.1, 0.15) is 45.2 Å². The van der Waals surface area contributed by atoms with Gasteiger partial charge in [0.15, 0.2) is 0 Å². The van der Waals surface area contributed by atoms with Crippen molar-refractivity contribution in [3.63, 3.8) is 0 Å². The largest absolute Gasteiger partial charge is 0.488 e. The molecule has 0 spiro atoms. The number of ether oxygens (including phenoxy) is 2. The number of carbonyl (C=O) groups is 4. The fourth-order valence-corrected chi connectivity index (χ4v) is 3.76. The first-order valence-corrected chi connectivity index (χ1v) is 11.0. The molecule has 0 saturated heterocycles. The third-order valence-electron chi connectivity index (χ3n) is 4.94. The van der Waals surface area contributed by atoms with Gasteiger partial charge in [-0.05, 0) is 75.2 Å². The van der Waals surface area contributed by atoms with E-state index < -0.39 is 46.2 Å². The Morgan fingerprint density at radius 2 is 0.865 bits per heavy atom. The Kier molecular flexibility index (Phi) is 8.84. The molecule has 0 atom stereocenters. The minimum atomic E-state index is -1.53. The molecule has 2 aromatic rings. The molecule has 0 heterocycles. The van der Waals surface area contributed by atoms with Gasteiger partial charge in [0, 0.05) is 6.42 Å². The summed E-state index contributed by atoms with van der Waals surface area (Å²) in [5, 5.41) is 35.9. The van der Waals surface area contributed by atoms with Crippen molar-refractivity contribution in [2.75, 3.05) is 0 Å². The summed E-state index contributed by atoms with van der Waals surface area (Å²) >= 11 is 0. The summed E-state index contributed by atoms with van der Waals surface area (Å²) in [5.41, 5.74) is -2.11. The van der Waals surface area contributed by atoms with Crippen LogP contribution in [0.4, 0.5) is 0 Å². The van der Waals surface area contributed by atoms with Crippen LogP contribution in [-0.4, -0.2) is 55.5 Å². The molecular formula is C27H28O10. The Balaban J connectivity index is 2.08. The maximum atomic E-state index is 11.0. The maximum Gasteiger partial charge on any atom is 0.343 e. The Morgan fingerprint density at radius 3 is 1.11 bits per heavy atom. The molecule has 0 radical (unpaired) electrons. The normalized spacial score (nSPS) is 11.1. The number of hydrogen-bond acceptors (Lipinski definition) is 6. The average Bonchev–Trinajstić information content (AvgIpc) is 2.75. The van der Waals surface area contributed by atoms with Crippen LogP contribution >= 0.6 is 0 Å². The van der Waals surface area contributed by atoms with Gasteiger partial charge in [0.25, 0.3) is 0 Å². The minimum Gasteiger partial charge on any atom is -0.488 e. The van der Waals surface area contributed by atoms with E-state index in [9.17, 15) is 19.2 Å². The van der Waals surface area contributed by atoms with E-state index in [0.717, 1.165) is 12.2 Å². The molecule has 0 amide bonds. The summed E-state index contributed by atoms with van der Waals surface area (Å²) in [6, 6.07) is 12.6. The number of carboxylic acid groups (broad SMARTS) is 4. The highest BCUT2D eigenvalue weighted by Crippen LogP contribution is 2.30. The molecule has 0 bridgehead atoms. The van der Waals surface area contributed by atoms with E-state index in [1.54, 1.807) is 48.5 Å². The van der Waals surface area contributed by atoms with Crippen molar-refractivity contribution >= 4 is 36.0 Å². The van der Waals surface area contributed by atoms with Crippen LogP contribution in [0.15, 0.2) is 59.7 Å². The Morgan fingerprint density at radius 1 is 0.595 bits per heavy atom. The van der Waals surface area contributed by atoms with Gasteiger partial charge < -0.3 is 29.9 Å². The Bertz CT molecular complexity index is 1100. The lowest BCUT2D eigenvalue weighted by Crippen LogP contribution is -2.41. The zero-order chi connectivity index (χ0) is 28.0. The van der Waals surface area contributed by atoms with Crippen LogP contribution in [0.3, 0.4) is 0 Å². The fraction of sp³-hybridized carbons (Fsp3) is 0.259. The fourth-order valence-electron chi connectivity index (χ4n) is 3.76. The Labute approximate surface area is 213 Å². The highest BCUT2D eigenvalue weighted by atomic mass is 16.5. The standard InChI is InChI=1S/C27H28O10/c1-26(2,36-18-9-5-16(6-10-18)13-20(22(28)29)23(30)31)15-27(3,4)37-19-11-7-17(8-12-19)14-21(24(32)33)25(34)35/h5-14H,15H2,1-4H3,(H,28,29)(H,30,31)(H,32,33)(H,34,35). The second-order valence-corrected chi connectivity index (χ2v) is 9.37. The van der Waals surface area contributed by atoms with Gasteiger partial charge in [-0.1, -0.05) is 24.3 Å². The van der Waals surface area contributed by atoms with Gasteiger partial charge in [-0.15, -0.1) is 0 Å². The molecule has 0 unspecified atom stereocenters. The number of aliphatic carboxylic acids is 4. The van der Waals surface area contributed by atoms with E-state index in [1.165, 1.54) is 0 Å². The summed E-state index contributed by atoms with van der Waals surface area (Å²) < 4.78 is 12.2. The highest BCUT2D eigenvalue weighted by molar-refractivity contribution is 6.16. The molecule has 2 rings (SSSR count). The first-order valence-electron chi connectivity index (χ1n) is 11.0. The third-order valence-corrected chi connectivity index (χ3v) is 4.94. The van der Waals surface area contributed by atoms with Crippen molar-refractivity contribution in [1.82, 2.24) is 0 Å². The molecule has 37 heavy (non-hydrogen) atoms. The van der Waals surface area contributed by atoms with E-state index in [2.05, 4.69) is 0 Å². The zero-order valence-corrected chi connectivity index (χ0v) is 20.7. The van der Waals surface area contributed by atoms with E-state index in [1.807, 2.05) is 27.7 Å². The molecule has 10 nitrogen and oxygen atoms in total. The van der Waals surface area contributed by atoms with E-state index in [0.29, 0.717) is 29.0 Å². The predicted octanol–water partition coefficient (Wildman–Crippen LogP) is 4.20. The van der Waals surface area contributed by atoms with Gasteiger partial charge in [0.1, 0.15) is 33.8 Å². The lowest BCUT2D eigenvalue weighted by molar-refractivity contribution is -0.142. The van der Waals surface area contributed by atoms with E-state index >= 15 is 0 Å². The minimum absolute atomic E-state index is 0.394. The van der Waals surface area contributed by atoms with Crippen LogP contribution in [0, 0.1) is 0 Å². The summed E-state index contributed by atoms with van der Waals surface area (Å²) in [5.74, 6) is -5.15. The second-order valence-electron chi connectivity index (χ2n) is 9.37. The first kappa shape index (κ1) is 28.6. The number of rotatable bonds is 12. The molecule has 0 aliphatic carbocycles. The topological polar surface area (TPSA) is 168 Å². The third kappa shape index (κ3) is 8.84. The van der Waals surface area contributed by atoms with Crippen molar-refractivity contribution in [2.45, 2.75) is 45.3 Å². The zero-order valence-electron chi connectivity index (χ0n) is 20.7. The van der Waals surface area contributed by atoms with Crippen molar-refractivity contribution in [3.8, 4) is 11.5 Å². The molecule has 0 aliphatic rings. The monoisotopic (exact) mass is 512 g/mol. The van der Waals surface area contributed by atoms with Crippen LogP contribution in [-0.2, 0) is 19.2 Å². The summed E-state index contributed by atoms with van der Waals surface area (Å²) in [4.78, 5) is 44.2. The molecule has 0 fully saturated rings. The van der Waals surface area contributed by atoms with Crippen molar-refractivity contribution in [2.24, 2.45) is 0 Å². The van der Waals surface area contributed by atoms with E-state index in [-0.39, 0.29) is 0 Å². The molecule has 4 N–H and O–H groups in total. The molecule has 0 saturated carbocycles. The first-order chi connectivity index (χ1) is 17.1. The van der Waals surface area contributed by atoms with Gasteiger partial charge in [-0.25, -0.2) is 19.2 Å². The van der Waals surface area contributed by atoms with Crippen LogP contribution in [0.25, 0.3) is 12.2 Å². The lowest BCUT2D eigenvalue weighted by Gasteiger charge is -2.35. The van der Waals surface area contributed by atoms with Gasteiger partial charge in [-0.2, -0.15) is 0 Å². The predicted molar refractivity (Wildman–Crippen MR) is 133 cm³/mol. The van der Waals surface area contributed by atoms with Crippen LogP contribution in [0.5, 0.6) is 11.5 Å². The summed E-state index contributed by atoms with van der Waals surface area (Å²) in [7, 11) is 0. The molecule has 10 heteroatoms. The van der Waals surface area contributed by atoms with E-state index in [4.69, 9.17) is 29.9 Å². The molecular weight excluding hydrogens is 484 g/mol. The van der Waals surface area contributed by atoms with Crippen molar-refractivity contribution in [3.05, 3.63) is 70.8 Å². The van der Waals surface area contributed by atoms with Crippen LogP contribution in [0.2, 0.25) is 0 Å². The number of carboxylic acids is 4. The molecule has 0 aromatic heterocycles. The Hall–Kier alpha value is -4.60. The smallest absolute Gasteiger partial charge is 0.343 e.